The van der Waals surface area contributed by atoms with Crippen LogP contribution in [-0.2, 0) is 4.79 Å². The lowest BCUT2D eigenvalue weighted by atomic mass is 9.91. The van der Waals surface area contributed by atoms with Crippen molar-refractivity contribution in [2.45, 2.75) is 5.92 Å². The molecule has 2 aromatic carbocycles. The van der Waals surface area contributed by atoms with Gasteiger partial charge < -0.3 is 14.8 Å². The standard InChI is InChI=1S/C16H17NO2/c1-17-16-9-8-13(19-2)10-14(16)15(11-18)12-6-4-3-5-7-12/h3-11,15,17H,1-2H3. The van der Waals surface area contributed by atoms with E-state index < -0.39 is 0 Å². The minimum Gasteiger partial charge on any atom is -0.497 e. The molecule has 0 radical (unpaired) electrons. The Morgan fingerprint density at radius 3 is 2.47 bits per heavy atom. The number of aldehydes is 1. The van der Waals surface area contributed by atoms with Crippen molar-refractivity contribution < 1.29 is 9.53 Å². The number of ether oxygens (including phenoxy) is 1. The number of hydrogen-bond acceptors (Lipinski definition) is 3. The van der Waals surface area contributed by atoms with Crippen LogP contribution in [0.15, 0.2) is 48.5 Å². The van der Waals surface area contributed by atoms with Crippen LogP contribution in [0.25, 0.3) is 0 Å². The average molecular weight is 255 g/mol. The molecule has 0 saturated heterocycles. The van der Waals surface area contributed by atoms with Gasteiger partial charge in [-0.1, -0.05) is 30.3 Å². The Morgan fingerprint density at radius 2 is 1.89 bits per heavy atom. The molecule has 3 nitrogen and oxygen atoms in total. The third-order valence-electron chi connectivity index (χ3n) is 3.16. The van der Waals surface area contributed by atoms with E-state index in [2.05, 4.69) is 5.32 Å². The molecular weight excluding hydrogens is 238 g/mol. The van der Waals surface area contributed by atoms with Crippen molar-refractivity contribution in [3.63, 3.8) is 0 Å². The van der Waals surface area contributed by atoms with E-state index in [0.717, 1.165) is 28.8 Å². The second-order valence-corrected chi connectivity index (χ2v) is 4.23. The Balaban J connectivity index is 2.51. The summed E-state index contributed by atoms with van der Waals surface area (Å²) in [6.45, 7) is 0. The van der Waals surface area contributed by atoms with Gasteiger partial charge in [-0.25, -0.2) is 0 Å². The second-order valence-electron chi connectivity index (χ2n) is 4.23. The van der Waals surface area contributed by atoms with E-state index in [4.69, 9.17) is 4.74 Å². The number of anilines is 1. The Morgan fingerprint density at radius 1 is 1.16 bits per heavy atom. The fraction of sp³-hybridized carbons (Fsp3) is 0.188. The van der Waals surface area contributed by atoms with Crippen molar-refractivity contribution in [1.82, 2.24) is 0 Å². The average Bonchev–Trinajstić information content (AvgIpc) is 2.49. The first-order chi connectivity index (χ1) is 9.30. The SMILES string of the molecule is CNc1ccc(OC)cc1C(C=O)c1ccccc1. The fourth-order valence-electron chi connectivity index (χ4n) is 2.14. The highest BCUT2D eigenvalue weighted by Crippen LogP contribution is 2.31. The predicted molar refractivity (Wildman–Crippen MR) is 76.9 cm³/mol. The van der Waals surface area contributed by atoms with Gasteiger partial charge in [-0.3, -0.25) is 0 Å². The maximum absolute atomic E-state index is 11.5. The molecule has 1 atom stereocenters. The maximum atomic E-state index is 11.5. The minimum atomic E-state index is -0.293. The van der Waals surface area contributed by atoms with Crippen molar-refractivity contribution in [2.75, 3.05) is 19.5 Å². The monoisotopic (exact) mass is 255 g/mol. The van der Waals surface area contributed by atoms with Crippen LogP contribution in [0.5, 0.6) is 5.75 Å². The van der Waals surface area contributed by atoms with Gasteiger partial charge in [-0.2, -0.15) is 0 Å². The van der Waals surface area contributed by atoms with Crippen molar-refractivity contribution in [3.8, 4) is 5.75 Å². The van der Waals surface area contributed by atoms with E-state index in [-0.39, 0.29) is 5.92 Å². The quantitative estimate of drug-likeness (QED) is 0.834. The van der Waals surface area contributed by atoms with Gasteiger partial charge in [0.05, 0.1) is 13.0 Å². The summed E-state index contributed by atoms with van der Waals surface area (Å²) in [5.41, 5.74) is 2.83. The molecule has 0 aromatic heterocycles. The summed E-state index contributed by atoms with van der Waals surface area (Å²) >= 11 is 0. The number of carbonyl (C=O) groups is 1. The highest BCUT2D eigenvalue weighted by Gasteiger charge is 2.17. The Kier molecular flexibility index (Phi) is 4.18. The molecule has 98 valence electrons. The van der Waals surface area contributed by atoms with Crippen molar-refractivity contribution in [2.24, 2.45) is 0 Å². The maximum Gasteiger partial charge on any atom is 0.131 e. The largest absolute Gasteiger partial charge is 0.497 e. The number of benzene rings is 2. The van der Waals surface area contributed by atoms with E-state index in [1.54, 1.807) is 7.11 Å². The first-order valence-corrected chi connectivity index (χ1v) is 6.16. The molecule has 0 bridgehead atoms. The van der Waals surface area contributed by atoms with Crippen molar-refractivity contribution in [1.29, 1.82) is 0 Å². The molecule has 1 N–H and O–H groups in total. The Hall–Kier alpha value is -2.29. The predicted octanol–water partition coefficient (Wildman–Crippen LogP) is 3.07. The molecular formula is C16H17NO2. The number of nitrogens with one attached hydrogen (secondary N) is 1. The summed E-state index contributed by atoms with van der Waals surface area (Å²) in [4.78, 5) is 11.5. The van der Waals surface area contributed by atoms with Gasteiger partial charge in [0.15, 0.2) is 0 Å². The second kappa shape index (κ2) is 6.05. The molecule has 0 spiro atoms. The third-order valence-corrected chi connectivity index (χ3v) is 3.16. The van der Waals surface area contributed by atoms with Gasteiger partial charge in [-0.15, -0.1) is 0 Å². The number of rotatable bonds is 5. The zero-order valence-corrected chi connectivity index (χ0v) is 11.1. The molecule has 0 saturated carbocycles. The van der Waals surface area contributed by atoms with Gasteiger partial charge in [0.2, 0.25) is 0 Å². The molecule has 0 fully saturated rings. The topological polar surface area (TPSA) is 38.3 Å². The lowest BCUT2D eigenvalue weighted by molar-refractivity contribution is -0.108. The van der Waals surface area contributed by atoms with E-state index in [0.29, 0.717) is 0 Å². The number of hydrogen-bond donors (Lipinski definition) is 1. The molecule has 2 rings (SSSR count). The summed E-state index contributed by atoms with van der Waals surface area (Å²) in [7, 11) is 3.47. The summed E-state index contributed by atoms with van der Waals surface area (Å²) in [5.74, 6) is 0.454. The van der Waals surface area contributed by atoms with Gasteiger partial charge >= 0.3 is 0 Å². The molecule has 1 unspecified atom stereocenters. The summed E-state index contributed by atoms with van der Waals surface area (Å²) in [6.07, 6.45) is 0.963. The zero-order chi connectivity index (χ0) is 13.7. The van der Waals surface area contributed by atoms with Gasteiger partial charge in [0, 0.05) is 12.7 Å². The smallest absolute Gasteiger partial charge is 0.131 e. The first kappa shape index (κ1) is 13.1. The van der Waals surface area contributed by atoms with Gasteiger partial charge in [0.25, 0.3) is 0 Å². The third kappa shape index (κ3) is 2.76. The van der Waals surface area contributed by atoms with Crippen LogP contribution in [0.4, 0.5) is 5.69 Å². The van der Waals surface area contributed by atoms with E-state index in [1.807, 2.05) is 55.6 Å². The summed E-state index contributed by atoms with van der Waals surface area (Å²) < 4.78 is 5.24. The molecule has 0 aliphatic carbocycles. The lowest BCUT2D eigenvalue weighted by Crippen LogP contribution is -2.06. The van der Waals surface area contributed by atoms with Crippen LogP contribution >= 0.6 is 0 Å². The van der Waals surface area contributed by atoms with Gasteiger partial charge in [0.1, 0.15) is 12.0 Å². The highest BCUT2D eigenvalue weighted by atomic mass is 16.5. The van der Waals surface area contributed by atoms with Crippen LogP contribution in [0.3, 0.4) is 0 Å². The normalized spacial score (nSPS) is 11.7. The van der Waals surface area contributed by atoms with Crippen LogP contribution in [0.2, 0.25) is 0 Å². The van der Waals surface area contributed by atoms with E-state index >= 15 is 0 Å². The first-order valence-electron chi connectivity index (χ1n) is 6.16. The molecule has 0 heterocycles. The summed E-state index contributed by atoms with van der Waals surface area (Å²) in [5, 5.41) is 3.12. The molecule has 0 amide bonds. The van der Waals surface area contributed by atoms with E-state index in [9.17, 15) is 4.79 Å². The lowest BCUT2D eigenvalue weighted by Gasteiger charge is -2.17. The molecule has 19 heavy (non-hydrogen) atoms. The summed E-state index contributed by atoms with van der Waals surface area (Å²) in [6, 6.07) is 15.4. The minimum absolute atomic E-state index is 0.293. The van der Waals surface area contributed by atoms with Crippen molar-refractivity contribution >= 4 is 12.0 Å². The van der Waals surface area contributed by atoms with Crippen LogP contribution in [0.1, 0.15) is 17.0 Å². The number of carbonyl (C=O) groups excluding carboxylic acids is 1. The molecule has 2 aromatic rings. The van der Waals surface area contributed by atoms with Crippen LogP contribution in [0, 0.1) is 0 Å². The molecule has 0 aliphatic heterocycles. The zero-order valence-electron chi connectivity index (χ0n) is 11.1. The van der Waals surface area contributed by atoms with Crippen LogP contribution < -0.4 is 10.1 Å². The van der Waals surface area contributed by atoms with Crippen LogP contribution in [-0.4, -0.2) is 20.4 Å². The van der Waals surface area contributed by atoms with E-state index in [1.165, 1.54) is 0 Å². The number of methoxy groups -OCH3 is 1. The Labute approximate surface area is 113 Å². The Bertz CT molecular complexity index is 552. The van der Waals surface area contributed by atoms with Crippen molar-refractivity contribution in [3.05, 3.63) is 59.7 Å². The molecule has 3 heteroatoms. The fourth-order valence-corrected chi connectivity index (χ4v) is 2.14. The highest BCUT2D eigenvalue weighted by molar-refractivity contribution is 5.74. The van der Waals surface area contributed by atoms with Gasteiger partial charge in [-0.05, 0) is 29.3 Å². The molecule has 0 aliphatic rings.